The molecule has 1 aliphatic rings. The SMILES string of the molecule is O=C1C(SCCO)=C(c2ccc(Cl)cc2Cl)C(=O)N1c1ccc(Cl)cc1. The molecule has 134 valence electrons. The van der Waals surface area contributed by atoms with Gasteiger partial charge in [0, 0.05) is 21.4 Å². The Morgan fingerprint density at radius 1 is 0.923 bits per heavy atom. The van der Waals surface area contributed by atoms with Gasteiger partial charge in [0.2, 0.25) is 0 Å². The molecule has 0 saturated heterocycles. The highest BCUT2D eigenvalue weighted by Gasteiger charge is 2.40. The fourth-order valence-electron chi connectivity index (χ4n) is 2.55. The standard InChI is InChI=1S/C18H12Cl3NO3S/c19-10-1-4-12(5-2-10)22-17(24)15(16(18(22)25)26-8-7-23)13-6-3-11(20)9-14(13)21/h1-6,9,23H,7-8H2. The molecule has 3 rings (SSSR count). The Morgan fingerprint density at radius 2 is 1.58 bits per heavy atom. The van der Waals surface area contributed by atoms with Crippen molar-refractivity contribution >= 4 is 69.6 Å². The van der Waals surface area contributed by atoms with Crippen LogP contribution in [0.5, 0.6) is 0 Å². The van der Waals surface area contributed by atoms with Crippen LogP contribution in [-0.2, 0) is 9.59 Å². The summed E-state index contributed by atoms with van der Waals surface area (Å²) in [6.07, 6.45) is 0. The third-order valence-electron chi connectivity index (χ3n) is 3.66. The van der Waals surface area contributed by atoms with E-state index in [0.29, 0.717) is 21.3 Å². The van der Waals surface area contributed by atoms with Gasteiger partial charge in [0.25, 0.3) is 11.8 Å². The van der Waals surface area contributed by atoms with Crippen molar-refractivity contribution in [2.75, 3.05) is 17.3 Å². The number of rotatable bonds is 5. The second kappa shape index (κ2) is 8.03. The monoisotopic (exact) mass is 427 g/mol. The molecule has 26 heavy (non-hydrogen) atoms. The van der Waals surface area contributed by atoms with Crippen LogP contribution in [0, 0.1) is 0 Å². The lowest BCUT2D eigenvalue weighted by molar-refractivity contribution is -0.119. The molecule has 1 aliphatic heterocycles. The quantitative estimate of drug-likeness (QED) is 0.704. The van der Waals surface area contributed by atoms with Gasteiger partial charge in [-0.05, 0) is 36.4 Å². The minimum atomic E-state index is -0.484. The number of carbonyl (C=O) groups excluding carboxylic acids is 2. The molecule has 4 nitrogen and oxygen atoms in total. The average Bonchev–Trinajstić information content (AvgIpc) is 2.84. The minimum Gasteiger partial charge on any atom is -0.396 e. The van der Waals surface area contributed by atoms with Gasteiger partial charge in [-0.1, -0.05) is 40.9 Å². The highest BCUT2D eigenvalue weighted by Crippen LogP contribution is 2.41. The Balaban J connectivity index is 2.10. The predicted octanol–water partition coefficient (Wildman–Crippen LogP) is 4.66. The van der Waals surface area contributed by atoms with Crippen molar-refractivity contribution in [3.63, 3.8) is 0 Å². The van der Waals surface area contributed by atoms with Crippen molar-refractivity contribution in [1.29, 1.82) is 0 Å². The number of anilines is 1. The van der Waals surface area contributed by atoms with Crippen LogP contribution in [-0.4, -0.2) is 29.3 Å². The summed E-state index contributed by atoms with van der Waals surface area (Å²) in [7, 11) is 0. The zero-order chi connectivity index (χ0) is 18.8. The summed E-state index contributed by atoms with van der Waals surface area (Å²) in [5, 5.41) is 10.3. The first kappa shape index (κ1) is 19.3. The first-order chi connectivity index (χ1) is 12.4. The Bertz CT molecular complexity index is 912. The molecule has 1 N–H and O–H groups in total. The highest BCUT2D eigenvalue weighted by molar-refractivity contribution is 8.04. The predicted molar refractivity (Wildman–Crippen MR) is 107 cm³/mol. The third-order valence-corrected chi connectivity index (χ3v) is 5.52. The smallest absolute Gasteiger partial charge is 0.272 e. The normalized spacial score (nSPS) is 14.5. The van der Waals surface area contributed by atoms with Crippen molar-refractivity contribution in [1.82, 2.24) is 0 Å². The van der Waals surface area contributed by atoms with Gasteiger partial charge >= 0.3 is 0 Å². The summed E-state index contributed by atoms with van der Waals surface area (Å²) in [6.45, 7) is -0.127. The molecule has 0 fully saturated rings. The fourth-order valence-corrected chi connectivity index (χ4v) is 4.03. The molecule has 2 aromatic rings. The minimum absolute atomic E-state index is 0.127. The lowest BCUT2D eigenvalue weighted by atomic mass is 10.1. The van der Waals surface area contributed by atoms with Crippen molar-refractivity contribution in [2.24, 2.45) is 0 Å². The lowest BCUT2D eigenvalue weighted by Crippen LogP contribution is -2.31. The number of nitrogens with zero attached hydrogens (tertiary/aromatic N) is 1. The number of imide groups is 1. The van der Waals surface area contributed by atoms with Gasteiger partial charge in [-0.3, -0.25) is 9.59 Å². The molecule has 0 spiro atoms. The van der Waals surface area contributed by atoms with Gasteiger partial charge in [-0.2, -0.15) is 0 Å². The van der Waals surface area contributed by atoms with Crippen LogP contribution in [0.25, 0.3) is 5.57 Å². The van der Waals surface area contributed by atoms with E-state index >= 15 is 0 Å². The van der Waals surface area contributed by atoms with Crippen molar-refractivity contribution in [3.8, 4) is 0 Å². The van der Waals surface area contributed by atoms with Crippen molar-refractivity contribution < 1.29 is 14.7 Å². The van der Waals surface area contributed by atoms with E-state index in [4.69, 9.17) is 39.9 Å². The van der Waals surface area contributed by atoms with E-state index in [-0.39, 0.29) is 27.9 Å². The van der Waals surface area contributed by atoms with Crippen LogP contribution in [0.3, 0.4) is 0 Å². The Morgan fingerprint density at radius 3 is 2.19 bits per heavy atom. The average molecular weight is 429 g/mol. The third kappa shape index (κ3) is 3.63. The summed E-state index contributed by atoms with van der Waals surface area (Å²) in [4.78, 5) is 27.3. The summed E-state index contributed by atoms with van der Waals surface area (Å²) in [5.41, 5.74) is 1.03. The van der Waals surface area contributed by atoms with Gasteiger partial charge in [-0.25, -0.2) is 4.90 Å². The highest BCUT2D eigenvalue weighted by atomic mass is 35.5. The second-order valence-electron chi connectivity index (χ2n) is 5.32. The fraction of sp³-hybridized carbons (Fsp3) is 0.111. The summed E-state index contributed by atoms with van der Waals surface area (Å²) in [5.74, 6) is -0.670. The maximum atomic E-state index is 13.1. The Kier molecular flexibility index (Phi) is 5.95. The molecule has 2 amide bonds. The summed E-state index contributed by atoms with van der Waals surface area (Å²) >= 11 is 19.2. The number of benzene rings is 2. The van der Waals surface area contributed by atoms with Gasteiger partial charge in [-0.15, -0.1) is 11.8 Å². The number of thioether (sulfide) groups is 1. The first-order valence-electron chi connectivity index (χ1n) is 7.51. The first-order valence-corrected chi connectivity index (χ1v) is 9.63. The van der Waals surface area contributed by atoms with E-state index in [2.05, 4.69) is 0 Å². The molecule has 0 atom stereocenters. The van der Waals surface area contributed by atoms with Crippen LogP contribution in [0.1, 0.15) is 5.56 Å². The van der Waals surface area contributed by atoms with Crippen LogP contribution < -0.4 is 4.90 Å². The summed E-state index contributed by atoms with van der Waals surface area (Å²) < 4.78 is 0. The molecular weight excluding hydrogens is 417 g/mol. The van der Waals surface area contributed by atoms with E-state index < -0.39 is 11.8 Å². The van der Waals surface area contributed by atoms with Gasteiger partial charge < -0.3 is 5.11 Å². The molecule has 0 aromatic heterocycles. The van der Waals surface area contributed by atoms with E-state index in [9.17, 15) is 9.59 Å². The second-order valence-corrected chi connectivity index (χ2v) is 7.71. The number of hydrogen-bond acceptors (Lipinski definition) is 4. The molecule has 0 radical (unpaired) electrons. The number of aliphatic hydroxyl groups excluding tert-OH is 1. The van der Waals surface area contributed by atoms with E-state index in [1.165, 1.54) is 6.07 Å². The van der Waals surface area contributed by atoms with Crippen LogP contribution in [0.2, 0.25) is 15.1 Å². The van der Waals surface area contributed by atoms with Crippen molar-refractivity contribution in [3.05, 3.63) is 68.0 Å². The topological polar surface area (TPSA) is 57.6 Å². The lowest BCUT2D eigenvalue weighted by Gasteiger charge is -2.15. The molecule has 0 unspecified atom stereocenters. The van der Waals surface area contributed by atoms with E-state index in [1.807, 2.05) is 0 Å². The zero-order valence-corrected chi connectivity index (χ0v) is 16.3. The number of carbonyl (C=O) groups is 2. The van der Waals surface area contributed by atoms with Gasteiger partial charge in [0.15, 0.2) is 0 Å². The van der Waals surface area contributed by atoms with Crippen LogP contribution in [0.4, 0.5) is 5.69 Å². The van der Waals surface area contributed by atoms with Crippen LogP contribution >= 0.6 is 46.6 Å². The molecule has 0 bridgehead atoms. The van der Waals surface area contributed by atoms with Gasteiger partial charge in [0.05, 0.1) is 27.8 Å². The number of hydrogen-bond donors (Lipinski definition) is 1. The maximum absolute atomic E-state index is 13.1. The molecule has 8 heteroatoms. The molecular formula is C18H12Cl3NO3S. The van der Waals surface area contributed by atoms with Gasteiger partial charge in [0.1, 0.15) is 0 Å². The number of aliphatic hydroxyl groups is 1. The zero-order valence-electron chi connectivity index (χ0n) is 13.2. The van der Waals surface area contributed by atoms with Crippen molar-refractivity contribution in [2.45, 2.75) is 0 Å². The number of amides is 2. The Labute approximate surface area is 169 Å². The van der Waals surface area contributed by atoms with E-state index in [1.54, 1.807) is 36.4 Å². The maximum Gasteiger partial charge on any atom is 0.272 e. The molecule has 1 heterocycles. The van der Waals surface area contributed by atoms with E-state index in [0.717, 1.165) is 16.7 Å². The van der Waals surface area contributed by atoms with Crippen LogP contribution in [0.15, 0.2) is 47.4 Å². The largest absolute Gasteiger partial charge is 0.396 e. The number of halogens is 3. The molecule has 0 aliphatic carbocycles. The Hall–Kier alpha value is -1.50. The summed E-state index contributed by atoms with van der Waals surface area (Å²) in [6, 6.07) is 11.1. The molecule has 0 saturated carbocycles. The molecule has 2 aromatic carbocycles.